The fourth-order valence-corrected chi connectivity index (χ4v) is 2.77. The molecule has 20 heavy (non-hydrogen) atoms. The van der Waals surface area contributed by atoms with E-state index in [0.29, 0.717) is 6.54 Å². The van der Waals surface area contributed by atoms with E-state index in [-0.39, 0.29) is 12.0 Å². The lowest BCUT2D eigenvalue weighted by molar-refractivity contribution is 0.460. The van der Waals surface area contributed by atoms with E-state index in [0.717, 1.165) is 12.7 Å². The zero-order valence-electron chi connectivity index (χ0n) is 12.0. The maximum Gasteiger partial charge on any atom is 0.151 e. The highest BCUT2D eigenvalue weighted by molar-refractivity contribution is 7.91. The third-order valence-corrected chi connectivity index (χ3v) is 5.06. The summed E-state index contributed by atoms with van der Waals surface area (Å²) in [4.78, 5) is 0. The molecule has 2 unspecified atom stereocenters. The van der Waals surface area contributed by atoms with Gasteiger partial charge < -0.3 is 5.32 Å². The van der Waals surface area contributed by atoms with E-state index in [1.807, 2.05) is 6.92 Å². The standard InChI is InChI=1S/C14H21F2NO2S/c1-4-8-17-14(10(2)20(3,18)19)9-11-12(15)6-5-7-13(11)16/h5-7,10,14,17H,4,8-9H2,1-3H3. The van der Waals surface area contributed by atoms with Crippen molar-refractivity contribution in [3.05, 3.63) is 35.4 Å². The summed E-state index contributed by atoms with van der Waals surface area (Å²) in [5.41, 5.74) is -0.0726. The van der Waals surface area contributed by atoms with Gasteiger partial charge in [0, 0.05) is 17.9 Å². The summed E-state index contributed by atoms with van der Waals surface area (Å²) in [6.07, 6.45) is 1.95. The fourth-order valence-electron chi connectivity index (χ4n) is 1.98. The second-order valence-electron chi connectivity index (χ2n) is 5.00. The first kappa shape index (κ1) is 17.0. The number of nitrogens with one attached hydrogen (secondary N) is 1. The normalized spacial score (nSPS) is 15.1. The van der Waals surface area contributed by atoms with Crippen LogP contribution in [0.15, 0.2) is 18.2 Å². The van der Waals surface area contributed by atoms with Crippen molar-refractivity contribution in [2.45, 2.75) is 38.0 Å². The first-order chi connectivity index (χ1) is 9.27. The fraction of sp³-hybridized carbons (Fsp3) is 0.571. The Bertz CT molecular complexity index is 526. The summed E-state index contributed by atoms with van der Waals surface area (Å²) in [7, 11) is -3.29. The van der Waals surface area contributed by atoms with Crippen molar-refractivity contribution in [2.24, 2.45) is 0 Å². The minimum absolute atomic E-state index is 0.00669. The Balaban J connectivity index is 3.01. The predicted molar refractivity (Wildman–Crippen MR) is 76.4 cm³/mol. The first-order valence-corrected chi connectivity index (χ1v) is 8.58. The Kier molecular flexibility index (Phi) is 6.07. The van der Waals surface area contributed by atoms with Gasteiger partial charge in [-0.15, -0.1) is 0 Å². The molecule has 1 aromatic rings. The molecule has 0 amide bonds. The van der Waals surface area contributed by atoms with Gasteiger partial charge in [-0.1, -0.05) is 13.0 Å². The molecule has 0 heterocycles. The van der Waals surface area contributed by atoms with Crippen LogP contribution in [0.1, 0.15) is 25.8 Å². The summed E-state index contributed by atoms with van der Waals surface area (Å²) in [5, 5.41) is 2.35. The lowest BCUT2D eigenvalue weighted by atomic mass is 10.0. The van der Waals surface area contributed by atoms with Crippen molar-refractivity contribution in [1.82, 2.24) is 5.32 Å². The molecule has 0 saturated heterocycles. The van der Waals surface area contributed by atoms with Gasteiger partial charge in [-0.05, 0) is 38.4 Å². The maximum absolute atomic E-state index is 13.7. The van der Waals surface area contributed by atoms with Gasteiger partial charge in [0.2, 0.25) is 0 Å². The molecular formula is C14H21F2NO2S. The molecule has 0 radical (unpaired) electrons. The highest BCUT2D eigenvalue weighted by atomic mass is 32.2. The number of sulfone groups is 1. The van der Waals surface area contributed by atoms with Crippen molar-refractivity contribution < 1.29 is 17.2 Å². The Morgan fingerprint density at radius 1 is 1.25 bits per heavy atom. The van der Waals surface area contributed by atoms with Gasteiger partial charge in [0.25, 0.3) is 0 Å². The lowest BCUT2D eigenvalue weighted by Gasteiger charge is -2.24. The van der Waals surface area contributed by atoms with Gasteiger partial charge in [-0.25, -0.2) is 17.2 Å². The number of halogens is 2. The van der Waals surface area contributed by atoms with Crippen LogP contribution in [0.3, 0.4) is 0 Å². The molecule has 3 nitrogen and oxygen atoms in total. The molecule has 1 N–H and O–H groups in total. The molecule has 0 spiro atoms. The molecule has 1 rings (SSSR count). The summed E-state index contributed by atoms with van der Waals surface area (Å²) in [6.45, 7) is 4.10. The van der Waals surface area contributed by atoms with Gasteiger partial charge in [0.1, 0.15) is 11.6 Å². The van der Waals surface area contributed by atoms with Crippen LogP contribution in [0.5, 0.6) is 0 Å². The van der Waals surface area contributed by atoms with Crippen LogP contribution in [-0.4, -0.2) is 32.5 Å². The molecule has 0 aromatic heterocycles. The minimum atomic E-state index is -3.29. The molecule has 0 saturated carbocycles. The molecule has 0 aliphatic rings. The Morgan fingerprint density at radius 3 is 2.25 bits per heavy atom. The Hall–Kier alpha value is -1.01. The number of benzene rings is 1. The monoisotopic (exact) mass is 305 g/mol. The van der Waals surface area contributed by atoms with E-state index in [9.17, 15) is 17.2 Å². The van der Waals surface area contributed by atoms with Crippen LogP contribution in [0.2, 0.25) is 0 Å². The van der Waals surface area contributed by atoms with E-state index in [1.165, 1.54) is 18.2 Å². The summed E-state index contributed by atoms with van der Waals surface area (Å²) in [6, 6.07) is 3.14. The van der Waals surface area contributed by atoms with Gasteiger partial charge in [-0.3, -0.25) is 0 Å². The molecule has 0 aliphatic heterocycles. The molecule has 0 aliphatic carbocycles. The van der Waals surface area contributed by atoms with Crippen molar-refractivity contribution in [3.63, 3.8) is 0 Å². The van der Waals surface area contributed by atoms with Gasteiger partial charge in [0.15, 0.2) is 9.84 Å². The molecular weight excluding hydrogens is 284 g/mol. The van der Waals surface area contributed by atoms with E-state index < -0.39 is 32.8 Å². The SMILES string of the molecule is CCCNC(Cc1c(F)cccc1F)C(C)S(C)(=O)=O. The number of hydrogen-bond acceptors (Lipinski definition) is 3. The highest BCUT2D eigenvalue weighted by Gasteiger charge is 2.27. The molecule has 0 bridgehead atoms. The topological polar surface area (TPSA) is 46.2 Å². The second kappa shape index (κ2) is 7.13. The van der Waals surface area contributed by atoms with E-state index in [2.05, 4.69) is 5.32 Å². The quantitative estimate of drug-likeness (QED) is 0.841. The van der Waals surface area contributed by atoms with Crippen molar-refractivity contribution >= 4 is 9.84 Å². The predicted octanol–water partition coefficient (Wildman–Crippen LogP) is 2.31. The van der Waals surface area contributed by atoms with Crippen LogP contribution >= 0.6 is 0 Å². The minimum Gasteiger partial charge on any atom is -0.312 e. The largest absolute Gasteiger partial charge is 0.312 e. The van der Waals surface area contributed by atoms with E-state index >= 15 is 0 Å². The third-order valence-electron chi connectivity index (χ3n) is 3.38. The van der Waals surface area contributed by atoms with Gasteiger partial charge in [-0.2, -0.15) is 0 Å². The Morgan fingerprint density at radius 2 is 1.80 bits per heavy atom. The maximum atomic E-state index is 13.7. The lowest BCUT2D eigenvalue weighted by Crippen LogP contribution is -2.44. The summed E-state index contributed by atoms with van der Waals surface area (Å²) < 4.78 is 50.7. The third kappa shape index (κ3) is 4.52. The average Bonchev–Trinajstić information content (AvgIpc) is 2.35. The zero-order chi connectivity index (χ0) is 15.3. The number of hydrogen-bond donors (Lipinski definition) is 1. The summed E-state index contributed by atoms with van der Waals surface area (Å²) in [5.74, 6) is -1.29. The second-order valence-corrected chi connectivity index (χ2v) is 7.40. The van der Waals surface area contributed by atoms with Crippen molar-refractivity contribution in [1.29, 1.82) is 0 Å². The zero-order valence-corrected chi connectivity index (χ0v) is 12.8. The number of rotatable bonds is 7. The molecule has 0 fully saturated rings. The van der Waals surface area contributed by atoms with Crippen LogP contribution in [-0.2, 0) is 16.3 Å². The average molecular weight is 305 g/mol. The summed E-state index contributed by atoms with van der Waals surface area (Å²) >= 11 is 0. The molecule has 1 aromatic carbocycles. The van der Waals surface area contributed by atoms with Crippen molar-refractivity contribution in [3.8, 4) is 0 Å². The molecule has 2 atom stereocenters. The first-order valence-electron chi connectivity index (χ1n) is 6.62. The highest BCUT2D eigenvalue weighted by Crippen LogP contribution is 2.17. The van der Waals surface area contributed by atoms with E-state index in [1.54, 1.807) is 6.92 Å². The Labute approximate surface area is 119 Å². The van der Waals surface area contributed by atoms with Crippen LogP contribution in [0, 0.1) is 11.6 Å². The molecule has 114 valence electrons. The van der Waals surface area contributed by atoms with Gasteiger partial charge in [0.05, 0.1) is 5.25 Å². The smallest absolute Gasteiger partial charge is 0.151 e. The van der Waals surface area contributed by atoms with Crippen LogP contribution < -0.4 is 5.32 Å². The molecule has 6 heteroatoms. The van der Waals surface area contributed by atoms with E-state index in [4.69, 9.17) is 0 Å². The van der Waals surface area contributed by atoms with Crippen LogP contribution in [0.25, 0.3) is 0 Å². The van der Waals surface area contributed by atoms with Gasteiger partial charge >= 0.3 is 0 Å². The van der Waals surface area contributed by atoms with Crippen LogP contribution in [0.4, 0.5) is 8.78 Å². The van der Waals surface area contributed by atoms with Crippen molar-refractivity contribution in [2.75, 3.05) is 12.8 Å².